The number of amides is 2. The average molecular weight is 365 g/mol. The summed E-state index contributed by atoms with van der Waals surface area (Å²) in [5, 5.41) is 2.44. The van der Waals surface area contributed by atoms with E-state index in [2.05, 4.69) is 21.2 Å². The molecular weight excluding hydrogens is 353 g/mol. The Labute approximate surface area is 127 Å². The van der Waals surface area contributed by atoms with Crippen molar-refractivity contribution in [2.45, 2.75) is 25.6 Å². The Morgan fingerprint density at radius 1 is 1.33 bits per heavy atom. The second-order valence-corrected chi connectivity index (χ2v) is 5.60. The van der Waals surface area contributed by atoms with Crippen LogP contribution in [-0.4, -0.2) is 24.4 Å². The van der Waals surface area contributed by atoms with Gasteiger partial charge in [-0.3, -0.25) is 9.59 Å². The molecule has 0 radical (unpaired) electrons. The summed E-state index contributed by atoms with van der Waals surface area (Å²) in [4.78, 5) is 24.6. The van der Waals surface area contributed by atoms with E-state index in [4.69, 9.17) is 0 Å². The molecule has 1 aromatic rings. The molecule has 4 nitrogen and oxygen atoms in total. The lowest BCUT2D eigenvalue weighted by atomic mass is 10.1. The molecule has 1 atom stereocenters. The number of nitrogens with zero attached hydrogens (tertiary/aromatic N) is 1. The Morgan fingerprint density at radius 2 is 2.00 bits per heavy atom. The number of halogens is 4. The van der Waals surface area contributed by atoms with Gasteiger partial charge in [0.1, 0.15) is 6.04 Å². The van der Waals surface area contributed by atoms with E-state index < -0.39 is 23.7 Å². The third kappa shape index (κ3) is 3.37. The van der Waals surface area contributed by atoms with E-state index in [1.54, 1.807) is 0 Å². The zero-order chi connectivity index (χ0) is 15.8. The first-order valence-electron chi connectivity index (χ1n) is 6.17. The van der Waals surface area contributed by atoms with Gasteiger partial charge in [0.25, 0.3) is 0 Å². The molecule has 1 fully saturated rings. The highest BCUT2D eigenvalue weighted by atomic mass is 79.9. The van der Waals surface area contributed by atoms with E-state index >= 15 is 0 Å². The van der Waals surface area contributed by atoms with E-state index in [0.29, 0.717) is 0 Å². The normalized spacial score (nSPS) is 20.2. The largest absolute Gasteiger partial charge is 0.418 e. The molecule has 1 N–H and O–H groups in total. The van der Waals surface area contributed by atoms with Crippen LogP contribution in [0.1, 0.15) is 18.9 Å². The predicted octanol–water partition coefficient (Wildman–Crippen LogP) is 2.71. The number of hydrogen-bond donors (Lipinski definition) is 1. The van der Waals surface area contributed by atoms with Gasteiger partial charge in [0.15, 0.2) is 0 Å². The van der Waals surface area contributed by atoms with Gasteiger partial charge in [-0.2, -0.15) is 13.2 Å². The molecule has 1 unspecified atom stereocenters. The lowest BCUT2D eigenvalue weighted by Crippen LogP contribution is -2.43. The van der Waals surface area contributed by atoms with Crippen molar-refractivity contribution in [1.82, 2.24) is 5.32 Å². The number of rotatable bonds is 1. The molecule has 1 aromatic carbocycles. The van der Waals surface area contributed by atoms with Crippen molar-refractivity contribution in [3.8, 4) is 0 Å². The van der Waals surface area contributed by atoms with Crippen LogP contribution in [0.2, 0.25) is 0 Å². The fourth-order valence-electron chi connectivity index (χ4n) is 2.14. The average Bonchev–Trinajstić information content (AvgIpc) is 2.49. The Hall–Kier alpha value is -1.57. The van der Waals surface area contributed by atoms with E-state index in [9.17, 15) is 22.8 Å². The molecule has 0 bridgehead atoms. The maximum Gasteiger partial charge on any atom is 0.418 e. The van der Waals surface area contributed by atoms with Gasteiger partial charge in [-0.1, -0.05) is 15.9 Å². The monoisotopic (exact) mass is 364 g/mol. The zero-order valence-electron chi connectivity index (χ0n) is 11.0. The second kappa shape index (κ2) is 5.67. The van der Waals surface area contributed by atoms with Crippen LogP contribution in [0, 0.1) is 0 Å². The van der Waals surface area contributed by atoms with Crippen LogP contribution >= 0.6 is 15.9 Å². The van der Waals surface area contributed by atoms with E-state index in [-0.39, 0.29) is 29.0 Å². The maximum atomic E-state index is 13.1. The first-order valence-corrected chi connectivity index (χ1v) is 6.97. The molecular formula is C13H12BrF3N2O2. The van der Waals surface area contributed by atoms with Crippen molar-refractivity contribution in [2.24, 2.45) is 0 Å². The minimum atomic E-state index is -4.59. The summed E-state index contributed by atoms with van der Waals surface area (Å²) in [6.45, 7) is 1.37. The van der Waals surface area contributed by atoms with Gasteiger partial charge in [-0.05, 0) is 25.1 Å². The Balaban J connectivity index is 2.50. The summed E-state index contributed by atoms with van der Waals surface area (Å²) in [6.07, 6.45) is -4.63. The topological polar surface area (TPSA) is 49.4 Å². The summed E-state index contributed by atoms with van der Waals surface area (Å²) < 4.78 is 39.7. The third-order valence-electron chi connectivity index (χ3n) is 3.13. The van der Waals surface area contributed by atoms with Crippen LogP contribution in [0.15, 0.2) is 22.7 Å². The van der Waals surface area contributed by atoms with Gasteiger partial charge in [0, 0.05) is 17.4 Å². The SMILES string of the molecule is CC1NC(=O)CCN(c2ccc(Br)cc2C(F)(F)F)C1=O. The number of nitrogens with one attached hydrogen (secondary N) is 1. The lowest BCUT2D eigenvalue weighted by Gasteiger charge is -2.25. The van der Waals surface area contributed by atoms with Gasteiger partial charge in [0.2, 0.25) is 11.8 Å². The summed E-state index contributed by atoms with van der Waals surface area (Å²) in [6, 6.07) is 2.73. The van der Waals surface area contributed by atoms with Crippen molar-refractivity contribution >= 4 is 33.4 Å². The van der Waals surface area contributed by atoms with Crippen molar-refractivity contribution in [3.05, 3.63) is 28.2 Å². The van der Waals surface area contributed by atoms with Crippen LogP contribution in [0.5, 0.6) is 0 Å². The molecule has 8 heteroatoms. The first kappa shape index (κ1) is 15.8. The van der Waals surface area contributed by atoms with E-state index in [0.717, 1.165) is 11.0 Å². The Kier molecular flexibility index (Phi) is 4.27. The van der Waals surface area contributed by atoms with Crippen LogP contribution in [-0.2, 0) is 15.8 Å². The highest BCUT2D eigenvalue weighted by Crippen LogP contribution is 2.38. The summed E-state index contributed by atoms with van der Waals surface area (Å²) in [5.74, 6) is -0.919. The molecule has 21 heavy (non-hydrogen) atoms. The van der Waals surface area contributed by atoms with Crippen LogP contribution in [0.4, 0.5) is 18.9 Å². The molecule has 1 aliphatic heterocycles. The van der Waals surface area contributed by atoms with Gasteiger partial charge >= 0.3 is 6.18 Å². The van der Waals surface area contributed by atoms with E-state index in [1.165, 1.54) is 19.1 Å². The summed E-state index contributed by atoms with van der Waals surface area (Å²) in [7, 11) is 0. The highest BCUT2D eigenvalue weighted by molar-refractivity contribution is 9.10. The van der Waals surface area contributed by atoms with Gasteiger partial charge < -0.3 is 10.2 Å². The number of alkyl halides is 3. The number of carbonyl (C=O) groups excluding carboxylic acids is 2. The number of benzene rings is 1. The van der Waals surface area contributed by atoms with Crippen LogP contribution in [0.25, 0.3) is 0 Å². The van der Waals surface area contributed by atoms with Crippen molar-refractivity contribution in [2.75, 3.05) is 11.4 Å². The number of anilines is 1. The predicted molar refractivity (Wildman–Crippen MR) is 73.7 cm³/mol. The number of carbonyl (C=O) groups is 2. The molecule has 114 valence electrons. The molecule has 0 spiro atoms. The summed E-state index contributed by atoms with van der Waals surface area (Å²) >= 11 is 2.99. The van der Waals surface area contributed by atoms with Crippen LogP contribution in [0.3, 0.4) is 0 Å². The first-order chi connectivity index (χ1) is 9.70. The molecule has 0 aromatic heterocycles. The molecule has 1 aliphatic rings. The third-order valence-corrected chi connectivity index (χ3v) is 3.62. The minimum Gasteiger partial charge on any atom is -0.345 e. The molecule has 2 amide bonds. The standard InChI is InChI=1S/C13H12BrF3N2O2/c1-7-12(21)19(5-4-11(20)18-7)10-3-2-8(14)6-9(10)13(15,16)17/h2-3,6-7H,4-5H2,1H3,(H,18,20). The zero-order valence-corrected chi connectivity index (χ0v) is 12.6. The number of hydrogen-bond acceptors (Lipinski definition) is 2. The van der Waals surface area contributed by atoms with Crippen molar-refractivity contribution in [1.29, 1.82) is 0 Å². The molecule has 1 saturated heterocycles. The molecule has 0 aliphatic carbocycles. The minimum absolute atomic E-state index is 0.0383. The van der Waals surface area contributed by atoms with Crippen molar-refractivity contribution < 1.29 is 22.8 Å². The van der Waals surface area contributed by atoms with Gasteiger partial charge in [0.05, 0.1) is 11.3 Å². The van der Waals surface area contributed by atoms with Gasteiger partial charge in [-0.25, -0.2) is 0 Å². The fourth-order valence-corrected chi connectivity index (χ4v) is 2.50. The van der Waals surface area contributed by atoms with Crippen LogP contribution < -0.4 is 10.2 Å². The summed E-state index contributed by atoms with van der Waals surface area (Å²) in [5.41, 5.74) is -1.15. The maximum absolute atomic E-state index is 13.1. The Bertz CT molecular complexity index is 589. The molecule has 2 rings (SSSR count). The molecule has 0 saturated carbocycles. The van der Waals surface area contributed by atoms with Gasteiger partial charge in [-0.15, -0.1) is 0 Å². The highest BCUT2D eigenvalue weighted by Gasteiger charge is 2.38. The van der Waals surface area contributed by atoms with Crippen molar-refractivity contribution in [3.63, 3.8) is 0 Å². The quantitative estimate of drug-likeness (QED) is 0.832. The smallest absolute Gasteiger partial charge is 0.345 e. The Morgan fingerprint density at radius 3 is 2.62 bits per heavy atom. The fraction of sp³-hybridized carbons (Fsp3) is 0.385. The second-order valence-electron chi connectivity index (χ2n) is 4.69. The lowest BCUT2D eigenvalue weighted by molar-refractivity contribution is -0.137. The van der Waals surface area contributed by atoms with E-state index in [1.807, 2.05) is 0 Å². The molecule has 1 heterocycles.